The number of methoxy groups -OCH3 is 1. The fourth-order valence-electron chi connectivity index (χ4n) is 3.12. The van der Waals surface area contributed by atoms with Crippen molar-refractivity contribution in [1.29, 1.82) is 5.26 Å². The van der Waals surface area contributed by atoms with Crippen LogP contribution >= 0.6 is 11.3 Å². The first-order valence-corrected chi connectivity index (χ1v) is 9.77. The number of nitrogens with one attached hydrogen (secondary N) is 1. The summed E-state index contributed by atoms with van der Waals surface area (Å²) in [6.45, 7) is 2.46. The number of thiophene rings is 1. The van der Waals surface area contributed by atoms with Crippen LogP contribution in [0.2, 0.25) is 0 Å². The van der Waals surface area contributed by atoms with Crippen molar-refractivity contribution in [2.45, 2.75) is 26.2 Å². The van der Waals surface area contributed by atoms with Gasteiger partial charge in [-0.25, -0.2) is 4.79 Å². The van der Waals surface area contributed by atoms with E-state index in [-0.39, 0.29) is 5.57 Å². The third kappa shape index (κ3) is 4.07. The molecule has 1 amide bonds. The topological polar surface area (TPSA) is 88.4 Å². The maximum atomic E-state index is 12.6. The normalized spacial score (nSPS) is 12.8. The number of amides is 1. The molecule has 0 atom stereocenters. The van der Waals surface area contributed by atoms with Gasteiger partial charge in [0.2, 0.25) is 0 Å². The average Bonchev–Trinajstić information content (AvgIpc) is 3.27. The van der Waals surface area contributed by atoms with E-state index in [9.17, 15) is 14.9 Å². The van der Waals surface area contributed by atoms with Gasteiger partial charge in [0, 0.05) is 4.88 Å². The summed E-state index contributed by atoms with van der Waals surface area (Å²) < 4.78 is 10.3. The molecule has 0 unspecified atom stereocenters. The van der Waals surface area contributed by atoms with Gasteiger partial charge in [-0.05, 0) is 55.5 Å². The van der Waals surface area contributed by atoms with Gasteiger partial charge in [0.1, 0.15) is 22.4 Å². The monoisotopic (exact) mass is 396 g/mol. The number of aryl methyl sites for hydroxylation is 1. The lowest BCUT2D eigenvalue weighted by molar-refractivity contribution is -0.112. The summed E-state index contributed by atoms with van der Waals surface area (Å²) in [4.78, 5) is 25.9. The zero-order chi connectivity index (χ0) is 20.1. The minimum Gasteiger partial charge on any atom is -0.494 e. The lowest BCUT2D eigenvalue weighted by atomic mass is 10.1. The number of nitrogens with zero attached hydrogens (tertiary/aromatic N) is 1. The molecule has 1 N–H and O–H groups in total. The number of ether oxygens (including phenoxy) is 2. The first-order chi connectivity index (χ1) is 13.6. The van der Waals surface area contributed by atoms with Crippen LogP contribution in [0.25, 0.3) is 6.08 Å². The molecule has 1 aliphatic rings. The van der Waals surface area contributed by atoms with E-state index in [1.807, 2.05) is 13.0 Å². The van der Waals surface area contributed by atoms with E-state index in [0.717, 1.165) is 35.5 Å². The minimum absolute atomic E-state index is 0.0477. The summed E-state index contributed by atoms with van der Waals surface area (Å²) in [5.74, 6) is -0.302. The van der Waals surface area contributed by atoms with Crippen molar-refractivity contribution < 1.29 is 19.1 Å². The van der Waals surface area contributed by atoms with Crippen molar-refractivity contribution in [2.24, 2.45) is 0 Å². The number of fused-ring (bicyclic) bond motifs is 1. The number of hydrogen-bond donors (Lipinski definition) is 1. The second kappa shape index (κ2) is 8.72. The van der Waals surface area contributed by atoms with Crippen molar-refractivity contribution in [3.8, 4) is 11.8 Å². The number of hydrogen-bond acceptors (Lipinski definition) is 6. The van der Waals surface area contributed by atoms with Gasteiger partial charge in [-0.2, -0.15) is 5.26 Å². The van der Waals surface area contributed by atoms with E-state index in [0.29, 0.717) is 22.7 Å². The van der Waals surface area contributed by atoms with Crippen LogP contribution in [0, 0.1) is 11.3 Å². The maximum absolute atomic E-state index is 12.6. The van der Waals surface area contributed by atoms with Crippen LogP contribution in [-0.2, 0) is 22.4 Å². The Bertz CT molecular complexity index is 968. The summed E-state index contributed by atoms with van der Waals surface area (Å²) in [6, 6.07) is 9.03. The van der Waals surface area contributed by atoms with E-state index in [4.69, 9.17) is 9.47 Å². The van der Waals surface area contributed by atoms with Gasteiger partial charge in [0.15, 0.2) is 0 Å². The van der Waals surface area contributed by atoms with Crippen molar-refractivity contribution in [3.63, 3.8) is 0 Å². The summed E-state index contributed by atoms with van der Waals surface area (Å²) in [7, 11) is 1.32. The van der Waals surface area contributed by atoms with Gasteiger partial charge in [0.25, 0.3) is 5.91 Å². The number of rotatable bonds is 6. The molecular formula is C21H20N2O4S. The molecule has 7 heteroatoms. The second-order valence-electron chi connectivity index (χ2n) is 6.18. The first-order valence-electron chi connectivity index (χ1n) is 8.96. The third-order valence-corrected chi connectivity index (χ3v) is 5.61. The molecule has 1 aromatic heterocycles. The molecule has 6 nitrogen and oxygen atoms in total. The zero-order valence-electron chi connectivity index (χ0n) is 15.7. The summed E-state index contributed by atoms with van der Waals surface area (Å²) in [5, 5.41) is 12.6. The van der Waals surface area contributed by atoms with Crippen molar-refractivity contribution >= 4 is 34.3 Å². The molecule has 0 spiro atoms. The number of carbonyl (C=O) groups excluding carboxylic acids is 2. The van der Waals surface area contributed by atoms with E-state index in [1.54, 1.807) is 24.3 Å². The second-order valence-corrected chi connectivity index (χ2v) is 7.28. The van der Waals surface area contributed by atoms with Gasteiger partial charge in [-0.15, -0.1) is 11.3 Å². The molecule has 0 aliphatic heterocycles. The van der Waals surface area contributed by atoms with Gasteiger partial charge in [-0.1, -0.05) is 12.1 Å². The molecule has 0 saturated carbocycles. The summed E-state index contributed by atoms with van der Waals surface area (Å²) in [5.41, 5.74) is 2.01. The van der Waals surface area contributed by atoms with Gasteiger partial charge in [-0.3, -0.25) is 4.79 Å². The first kappa shape index (κ1) is 19.6. The SMILES string of the molecule is CCOc1ccc(/C=C(\C#N)C(=O)Nc2sc3c(c2C(=O)OC)CCC3)cc1. The number of anilines is 1. The largest absolute Gasteiger partial charge is 0.494 e. The van der Waals surface area contributed by atoms with Crippen LogP contribution in [0.15, 0.2) is 29.8 Å². The third-order valence-electron chi connectivity index (χ3n) is 4.41. The number of carbonyl (C=O) groups is 2. The number of esters is 1. The Morgan fingerprint density at radius 1 is 1.29 bits per heavy atom. The van der Waals surface area contributed by atoms with Crippen LogP contribution in [-0.4, -0.2) is 25.6 Å². The Hall–Kier alpha value is -3.11. The lowest BCUT2D eigenvalue weighted by Gasteiger charge is -2.07. The molecule has 0 radical (unpaired) electrons. The summed E-state index contributed by atoms with van der Waals surface area (Å²) in [6.07, 6.45) is 4.16. The Morgan fingerprint density at radius 2 is 2.04 bits per heavy atom. The highest BCUT2D eigenvalue weighted by Crippen LogP contribution is 2.39. The molecule has 144 valence electrons. The van der Waals surface area contributed by atoms with Gasteiger partial charge in [0.05, 0.1) is 19.3 Å². The smallest absolute Gasteiger partial charge is 0.341 e. The van der Waals surface area contributed by atoms with Crippen molar-refractivity contribution in [1.82, 2.24) is 0 Å². The molecule has 1 heterocycles. The van der Waals surface area contributed by atoms with E-state index >= 15 is 0 Å². The fourth-order valence-corrected chi connectivity index (χ4v) is 4.40. The molecule has 0 saturated heterocycles. The highest BCUT2D eigenvalue weighted by atomic mass is 32.1. The lowest BCUT2D eigenvalue weighted by Crippen LogP contribution is -2.15. The van der Waals surface area contributed by atoms with Crippen LogP contribution in [0.3, 0.4) is 0 Å². The Morgan fingerprint density at radius 3 is 2.68 bits per heavy atom. The Labute approximate surface area is 167 Å². The summed E-state index contributed by atoms with van der Waals surface area (Å²) >= 11 is 1.38. The standard InChI is InChI=1S/C21H20N2O4S/c1-3-27-15-9-7-13(8-10-15)11-14(12-22)19(24)23-20-18(21(25)26-2)16-5-4-6-17(16)28-20/h7-11H,3-6H2,1-2H3,(H,23,24)/b14-11+. The molecule has 3 rings (SSSR count). The van der Waals surface area contributed by atoms with E-state index in [1.165, 1.54) is 24.5 Å². The molecule has 1 aliphatic carbocycles. The van der Waals surface area contributed by atoms with E-state index < -0.39 is 11.9 Å². The average molecular weight is 396 g/mol. The van der Waals surface area contributed by atoms with Crippen LogP contribution in [0.5, 0.6) is 5.75 Å². The predicted molar refractivity (Wildman–Crippen MR) is 108 cm³/mol. The molecular weight excluding hydrogens is 376 g/mol. The minimum atomic E-state index is -0.554. The number of nitriles is 1. The predicted octanol–water partition coefficient (Wildman–Crippen LogP) is 3.97. The van der Waals surface area contributed by atoms with Crippen LogP contribution in [0.1, 0.15) is 39.7 Å². The van der Waals surface area contributed by atoms with E-state index in [2.05, 4.69) is 5.32 Å². The highest BCUT2D eigenvalue weighted by molar-refractivity contribution is 7.17. The maximum Gasteiger partial charge on any atom is 0.341 e. The molecule has 0 fully saturated rings. The molecule has 2 aromatic rings. The van der Waals surface area contributed by atoms with Crippen LogP contribution < -0.4 is 10.1 Å². The molecule has 1 aromatic carbocycles. The highest BCUT2D eigenvalue weighted by Gasteiger charge is 2.28. The zero-order valence-corrected chi connectivity index (χ0v) is 16.5. The Balaban J connectivity index is 1.83. The fraction of sp³-hybridized carbons (Fsp3) is 0.286. The van der Waals surface area contributed by atoms with Gasteiger partial charge >= 0.3 is 5.97 Å². The van der Waals surface area contributed by atoms with Crippen molar-refractivity contribution in [2.75, 3.05) is 19.0 Å². The number of benzene rings is 1. The molecule has 0 bridgehead atoms. The van der Waals surface area contributed by atoms with Crippen molar-refractivity contribution in [3.05, 3.63) is 51.4 Å². The van der Waals surface area contributed by atoms with Gasteiger partial charge < -0.3 is 14.8 Å². The van der Waals surface area contributed by atoms with Crippen LogP contribution in [0.4, 0.5) is 5.00 Å². The quantitative estimate of drug-likeness (QED) is 0.453. The Kier molecular flexibility index (Phi) is 6.12. The molecule has 28 heavy (non-hydrogen) atoms.